The van der Waals surface area contributed by atoms with Crippen LogP contribution in [0, 0.1) is 0 Å². The van der Waals surface area contributed by atoms with Gasteiger partial charge < -0.3 is 35.5 Å². The molecule has 5 heterocycles. The zero-order valence-electron chi connectivity index (χ0n) is 22.5. The molecule has 2 fully saturated rings. The number of rotatable bonds is 7. The van der Waals surface area contributed by atoms with Gasteiger partial charge in [0.25, 0.3) is 11.8 Å². The van der Waals surface area contributed by atoms with E-state index in [2.05, 4.69) is 32.7 Å². The standard InChI is InChI=1S/C29H32N8O4/c30-26(39)25-27(33-21-5-3-18(4-6-21)19-7-12-41-13-8-19)35-24(15-32-25)36-10-1-2-22(17-36)34-29(40)20-14-23(38)28-31-9-11-37(28)16-20/h3-6,9,11,14-16,19,22,38H,1-2,7-8,10,12-13,17H2,(H2,30,39)(H,33,35)(H,34,40). The summed E-state index contributed by atoms with van der Waals surface area (Å²) in [7, 11) is 0. The Labute approximate surface area is 236 Å². The summed E-state index contributed by atoms with van der Waals surface area (Å²) in [6, 6.07) is 9.37. The summed E-state index contributed by atoms with van der Waals surface area (Å²) in [4.78, 5) is 40.3. The second-order valence-corrected chi connectivity index (χ2v) is 10.5. The Morgan fingerprint density at radius 3 is 2.68 bits per heavy atom. The number of aromatic nitrogens is 4. The molecule has 3 aromatic heterocycles. The van der Waals surface area contributed by atoms with Gasteiger partial charge in [0, 0.05) is 56.6 Å². The Bertz CT molecular complexity index is 1570. The number of amides is 2. The maximum Gasteiger partial charge on any atom is 0.271 e. The van der Waals surface area contributed by atoms with Gasteiger partial charge in [0.15, 0.2) is 22.9 Å². The van der Waals surface area contributed by atoms with Crippen LogP contribution < -0.4 is 21.3 Å². The van der Waals surface area contributed by atoms with Crippen molar-refractivity contribution in [3.05, 3.63) is 71.9 Å². The van der Waals surface area contributed by atoms with Crippen molar-refractivity contribution >= 4 is 34.8 Å². The van der Waals surface area contributed by atoms with Crippen LogP contribution >= 0.6 is 0 Å². The number of benzene rings is 1. The lowest BCUT2D eigenvalue weighted by atomic mass is 9.92. The molecular formula is C29H32N8O4. The monoisotopic (exact) mass is 556 g/mol. The van der Waals surface area contributed by atoms with Gasteiger partial charge in [-0.2, -0.15) is 0 Å². The predicted octanol–water partition coefficient (Wildman–Crippen LogP) is 2.97. The minimum Gasteiger partial charge on any atom is -0.504 e. The smallest absolute Gasteiger partial charge is 0.271 e. The molecule has 4 aromatic rings. The fourth-order valence-electron chi connectivity index (χ4n) is 5.52. The summed E-state index contributed by atoms with van der Waals surface area (Å²) in [5, 5.41) is 16.5. The van der Waals surface area contributed by atoms with E-state index >= 15 is 0 Å². The van der Waals surface area contributed by atoms with Gasteiger partial charge in [-0.05, 0) is 55.4 Å². The SMILES string of the molecule is NC(=O)c1ncc(N2CCCC(NC(=O)c3cc(O)c4nccn4c3)C2)nc1Nc1ccc(C2CCOCC2)cc1. The van der Waals surface area contributed by atoms with E-state index in [1.807, 2.05) is 17.0 Å². The molecule has 0 bridgehead atoms. The first-order chi connectivity index (χ1) is 19.9. The number of nitrogens with one attached hydrogen (secondary N) is 2. The van der Waals surface area contributed by atoms with Gasteiger partial charge in [0.2, 0.25) is 0 Å². The highest BCUT2D eigenvalue weighted by atomic mass is 16.5. The molecule has 0 saturated carbocycles. The minimum absolute atomic E-state index is 0.0545. The number of fused-ring (bicyclic) bond motifs is 1. The molecule has 212 valence electrons. The molecule has 2 aliphatic rings. The van der Waals surface area contributed by atoms with E-state index in [9.17, 15) is 14.7 Å². The number of pyridine rings is 1. The van der Waals surface area contributed by atoms with E-state index in [0.29, 0.717) is 29.5 Å². The summed E-state index contributed by atoms with van der Waals surface area (Å²) < 4.78 is 7.09. The number of primary amides is 1. The molecule has 2 saturated heterocycles. The molecule has 5 N–H and O–H groups in total. The molecule has 12 nitrogen and oxygen atoms in total. The maximum atomic E-state index is 13.0. The second kappa shape index (κ2) is 11.4. The van der Waals surface area contributed by atoms with Crippen molar-refractivity contribution in [3.8, 4) is 5.75 Å². The largest absolute Gasteiger partial charge is 0.504 e. The first kappa shape index (κ1) is 26.5. The van der Waals surface area contributed by atoms with Crippen molar-refractivity contribution in [2.24, 2.45) is 5.73 Å². The van der Waals surface area contributed by atoms with Crippen LogP contribution in [-0.4, -0.2) is 68.6 Å². The van der Waals surface area contributed by atoms with E-state index in [-0.39, 0.29) is 29.2 Å². The fraction of sp³-hybridized carbons (Fsp3) is 0.345. The average molecular weight is 557 g/mol. The van der Waals surface area contributed by atoms with Crippen LogP contribution in [-0.2, 0) is 4.74 Å². The molecule has 6 rings (SSSR count). The number of anilines is 3. The lowest BCUT2D eigenvalue weighted by Crippen LogP contribution is -2.48. The van der Waals surface area contributed by atoms with Crippen LogP contribution in [0.3, 0.4) is 0 Å². The second-order valence-electron chi connectivity index (χ2n) is 10.5. The molecule has 1 aromatic carbocycles. The molecule has 0 radical (unpaired) electrons. The van der Waals surface area contributed by atoms with Gasteiger partial charge in [0.1, 0.15) is 5.82 Å². The Morgan fingerprint density at radius 2 is 1.90 bits per heavy atom. The van der Waals surface area contributed by atoms with Gasteiger partial charge in [0.05, 0.1) is 11.8 Å². The van der Waals surface area contributed by atoms with Crippen LogP contribution in [0.25, 0.3) is 5.65 Å². The Morgan fingerprint density at radius 1 is 1.10 bits per heavy atom. The zero-order chi connectivity index (χ0) is 28.3. The summed E-state index contributed by atoms with van der Waals surface area (Å²) in [6.07, 6.45) is 10.0. The topological polar surface area (TPSA) is 160 Å². The van der Waals surface area contributed by atoms with E-state index in [1.165, 1.54) is 17.8 Å². The lowest BCUT2D eigenvalue weighted by molar-refractivity contribution is 0.0853. The van der Waals surface area contributed by atoms with Gasteiger partial charge in [-0.3, -0.25) is 9.59 Å². The number of carbonyl (C=O) groups is 2. The lowest BCUT2D eigenvalue weighted by Gasteiger charge is -2.34. The van der Waals surface area contributed by atoms with E-state index < -0.39 is 5.91 Å². The molecule has 0 spiro atoms. The number of nitrogens with zero attached hydrogens (tertiary/aromatic N) is 5. The van der Waals surface area contributed by atoms with Crippen molar-refractivity contribution in [3.63, 3.8) is 0 Å². The van der Waals surface area contributed by atoms with Crippen molar-refractivity contribution in [2.45, 2.75) is 37.6 Å². The fourth-order valence-corrected chi connectivity index (χ4v) is 5.52. The number of imidazole rings is 1. The molecule has 2 amide bonds. The van der Waals surface area contributed by atoms with Crippen LogP contribution in [0.4, 0.5) is 17.3 Å². The number of ether oxygens (including phenoxy) is 1. The number of piperidine rings is 1. The maximum absolute atomic E-state index is 13.0. The molecule has 2 aliphatic heterocycles. The number of hydrogen-bond acceptors (Lipinski definition) is 9. The number of hydrogen-bond donors (Lipinski definition) is 4. The first-order valence-electron chi connectivity index (χ1n) is 13.8. The predicted molar refractivity (Wildman–Crippen MR) is 153 cm³/mol. The van der Waals surface area contributed by atoms with Crippen LogP contribution in [0.5, 0.6) is 5.75 Å². The third-order valence-electron chi connectivity index (χ3n) is 7.67. The van der Waals surface area contributed by atoms with E-state index in [0.717, 1.165) is 51.1 Å². The number of aromatic hydroxyl groups is 1. The van der Waals surface area contributed by atoms with Gasteiger partial charge in [-0.25, -0.2) is 15.0 Å². The number of carbonyl (C=O) groups excluding carboxylic acids is 2. The molecular weight excluding hydrogens is 524 g/mol. The van der Waals surface area contributed by atoms with E-state index in [4.69, 9.17) is 15.5 Å². The van der Waals surface area contributed by atoms with Gasteiger partial charge >= 0.3 is 0 Å². The van der Waals surface area contributed by atoms with Crippen LogP contribution in [0.1, 0.15) is 58.0 Å². The Kier molecular flexibility index (Phi) is 7.38. The first-order valence-corrected chi connectivity index (χ1v) is 13.8. The molecule has 0 aliphatic carbocycles. The molecule has 1 atom stereocenters. The third-order valence-corrected chi connectivity index (χ3v) is 7.67. The summed E-state index contributed by atoms with van der Waals surface area (Å²) >= 11 is 0. The zero-order valence-corrected chi connectivity index (χ0v) is 22.5. The Hall–Kier alpha value is -4.71. The quantitative estimate of drug-likeness (QED) is 0.268. The van der Waals surface area contributed by atoms with Crippen LogP contribution in [0.2, 0.25) is 0 Å². The average Bonchev–Trinajstić information content (AvgIpc) is 3.48. The molecule has 41 heavy (non-hydrogen) atoms. The molecule has 12 heteroatoms. The van der Waals surface area contributed by atoms with Gasteiger partial charge in [-0.1, -0.05) is 12.1 Å². The highest BCUT2D eigenvalue weighted by molar-refractivity contribution is 5.96. The van der Waals surface area contributed by atoms with Crippen LogP contribution in [0.15, 0.2) is 55.1 Å². The minimum atomic E-state index is -0.674. The van der Waals surface area contributed by atoms with E-state index in [1.54, 1.807) is 23.0 Å². The van der Waals surface area contributed by atoms with Gasteiger partial charge in [-0.15, -0.1) is 0 Å². The van der Waals surface area contributed by atoms with Crippen molar-refractivity contribution < 1.29 is 19.4 Å². The third kappa shape index (κ3) is 5.78. The summed E-state index contributed by atoms with van der Waals surface area (Å²) in [6.45, 7) is 2.79. The number of nitrogens with two attached hydrogens (primary N) is 1. The summed E-state index contributed by atoms with van der Waals surface area (Å²) in [5.41, 5.74) is 8.43. The normalized spacial score (nSPS) is 17.9. The van der Waals surface area contributed by atoms with Crippen molar-refractivity contribution in [2.75, 3.05) is 36.5 Å². The molecule has 1 unspecified atom stereocenters. The summed E-state index contributed by atoms with van der Waals surface area (Å²) in [5.74, 6) is 0.318. The van der Waals surface area contributed by atoms with Crippen molar-refractivity contribution in [1.82, 2.24) is 24.7 Å². The Balaban J connectivity index is 1.16. The van der Waals surface area contributed by atoms with Crippen molar-refractivity contribution in [1.29, 1.82) is 0 Å². The highest BCUT2D eigenvalue weighted by Crippen LogP contribution is 2.29. The highest BCUT2D eigenvalue weighted by Gasteiger charge is 2.25.